The topological polar surface area (TPSA) is 55.2 Å². The lowest BCUT2D eigenvalue weighted by Crippen LogP contribution is -2.36. The summed E-state index contributed by atoms with van der Waals surface area (Å²) in [4.78, 5) is 14.9. The molecule has 1 aromatic carbocycles. The van der Waals surface area contributed by atoms with E-state index in [-0.39, 0.29) is 5.91 Å². The lowest BCUT2D eigenvalue weighted by atomic mass is 10.2. The van der Waals surface area contributed by atoms with Crippen molar-refractivity contribution in [3.63, 3.8) is 0 Å². The van der Waals surface area contributed by atoms with Gasteiger partial charge in [0, 0.05) is 30.5 Å². The molecule has 1 aliphatic rings. The highest BCUT2D eigenvalue weighted by Crippen LogP contribution is 2.22. The molecule has 1 saturated heterocycles. The Kier molecular flexibility index (Phi) is 4.50. The molecule has 26 heavy (non-hydrogen) atoms. The second kappa shape index (κ2) is 7.09. The molecule has 1 fully saturated rings. The van der Waals surface area contributed by atoms with E-state index in [0.717, 1.165) is 49.1 Å². The van der Waals surface area contributed by atoms with Crippen LogP contribution in [0, 0.1) is 0 Å². The molecule has 1 N–H and O–H groups in total. The molecular formula is C20H21N3O3. The average molecular weight is 351 g/mol. The highest BCUT2D eigenvalue weighted by molar-refractivity contribution is 6.04. The molecule has 6 nitrogen and oxygen atoms in total. The number of amides is 1. The van der Waals surface area contributed by atoms with E-state index in [1.165, 1.54) is 0 Å². The number of nitrogens with zero attached hydrogens (tertiary/aromatic N) is 2. The average Bonchev–Trinajstić information content (AvgIpc) is 3.12. The minimum Gasteiger partial charge on any atom is -0.497 e. The number of rotatable bonds is 4. The summed E-state index contributed by atoms with van der Waals surface area (Å²) in [7, 11) is 1.62. The van der Waals surface area contributed by atoms with Crippen molar-refractivity contribution >= 4 is 22.9 Å². The van der Waals surface area contributed by atoms with Crippen LogP contribution < -0.4 is 15.0 Å². The standard InChI is InChI=1S/C20H21N3O3/c1-25-18-7-3-16(4-8-18)21-20(24)15-2-5-17-6-9-19(23(17)14-15)22-10-12-26-13-11-22/h2-9,14H,10-13H2,1H3,(H,21,24). The van der Waals surface area contributed by atoms with Crippen LogP contribution in [-0.4, -0.2) is 43.7 Å². The maximum atomic E-state index is 12.6. The first-order chi connectivity index (χ1) is 12.7. The number of aromatic nitrogens is 1. The van der Waals surface area contributed by atoms with E-state index >= 15 is 0 Å². The molecule has 0 unspecified atom stereocenters. The number of carbonyl (C=O) groups is 1. The van der Waals surface area contributed by atoms with E-state index in [4.69, 9.17) is 9.47 Å². The number of pyridine rings is 1. The van der Waals surface area contributed by atoms with Crippen molar-refractivity contribution in [1.82, 2.24) is 4.40 Å². The van der Waals surface area contributed by atoms with E-state index in [1.54, 1.807) is 7.11 Å². The fourth-order valence-corrected chi connectivity index (χ4v) is 3.15. The number of carbonyl (C=O) groups excluding carboxylic acids is 1. The summed E-state index contributed by atoms with van der Waals surface area (Å²) in [6, 6.07) is 15.3. The maximum absolute atomic E-state index is 12.6. The van der Waals surface area contributed by atoms with Crippen LogP contribution in [0.25, 0.3) is 5.52 Å². The summed E-state index contributed by atoms with van der Waals surface area (Å²) in [6.45, 7) is 3.17. The summed E-state index contributed by atoms with van der Waals surface area (Å²) >= 11 is 0. The lowest BCUT2D eigenvalue weighted by Gasteiger charge is -2.28. The van der Waals surface area contributed by atoms with Crippen LogP contribution in [0.15, 0.2) is 54.7 Å². The summed E-state index contributed by atoms with van der Waals surface area (Å²) in [5.74, 6) is 1.70. The Morgan fingerprint density at radius 1 is 1.04 bits per heavy atom. The third-order valence-corrected chi connectivity index (χ3v) is 4.58. The van der Waals surface area contributed by atoms with Crippen molar-refractivity contribution < 1.29 is 14.3 Å². The van der Waals surface area contributed by atoms with Gasteiger partial charge in [-0.25, -0.2) is 0 Å². The number of anilines is 2. The predicted octanol–water partition coefficient (Wildman–Crippen LogP) is 3.04. The van der Waals surface area contributed by atoms with Crippen molar-refractivity contribution in [3.8, 4) is 5.75 Å². The summed E-state index contributed by atoms with van der Waals surface area (Å²) in [5.41, 5.74) is 2.41. The third-order valence-electron chi connectivity index (χ3n) is 4.58. The molecule has 1 amide bonds. The Morgan fingerprint density at radius 2 is 1.77 bits per heavy atom. The van der Waals surface area contributed by atoms with Crippen molar-refractivity contribution in [3.05, 3.63) is 60.3 Å². The zero-order chi connectivity index (χ0) is 17.9. The van der Waals surface area contributed by atoms with Crippen molar-refractivity contribution in [1.29, 1.82) is 0 Å². The first kappa shape index (κ1) is 16.5. The molecule has 134 valence electrons. The van der Waals surface area contributed by atoms with Gasteiger partial charge >= 0.3 is 0 Å². The van der Waals surface area contributed by atoms with Gasteiger partial charge in [-0.05, 0) is 48.5 Å². The molecule has 0 saturated carbocycles. The normalized spacial score (nSPS) is 14.4. The molecule has 0 bridgehead atoms. The molecule has 2 aromatic heterocycles. The van der Waals surface area contributed by atoms with Crippen LogP contribution in [0.3, 0.4) is 0 Å². The number of methoxy groups -OCH3 is 1. The number of benzene rings is 1. The molecular weight excluding hydrogens is 330 g/mol. The summed E-state index contributed by atoms with van der Waals surface area (Å²) < 4.78 is 12.6. The third kappa shape index (κ3) is 3.23. The largest absolute Gasteiger partial charge is 0.497 e. The number of hydrogen-bond acceptors (Lipinski definition) is 4. The Bertz CT molecular complexity index is 912. The Labute approximate surface area is 151 Å². The number of fused-ring (bicyclic) bond motifs is 1. The van der Waals surface area contributed by atoms with Crippen LogP contribution in [0.1, 0.15) is 10.4 Å². The van der Waals surface area contributed by atoms with Crippen molar-refractivity contribution in [2.75, 3.05) is 43.6 Å². The maximum Gasteiger partial charge on any atom is 0.257 e. The monoisotopic (exact) mass is 351 g/mol. The van der Waals surface area contributed by atoms with E-state index < -0.39 is 0 Å². The van der Waals surface area contributed by atoms with E-state index in [1.807, 2.05) is 42.6 Å². The number of ether oxygens (including phenoxy) is 2. The van der Waals surface area contributed by atoms with Crippen LogP contribution in [0.5, 0.6) is 5.75 Å². The van der Waals surface area contributed by atoms with Crippen LogP contribution in [-0.2, 0) is 4.74 Å². The number of hydrogen-bond donors (Lipinski definition) is 1. The van der Waals surface area contributed by atoms with E-state index in [9.17, 15) is 4.79 Å². The zero-order valence-electron chi connectivity index (χ0n) is 14.6. The van der Waals surface area contributed by atoms with Crippen LogP contribution >= 0.6 is 0 Å². The Balaban J connectivity index is 1.58. The second-order valence-electron chi connectivity index (χ2n) is 6.19. The van der Waals surface area contributed by atoms with Crippen LogP contribution in [0.4, 0.5) is 11.5 Å². The first-order valence-electron chi connectivity index (χ1n) is 8.64. The molecule has 6 heteroatoms. The molecule has 4 rings (SSSR count). The Morgan fingerprint density at radius 3 is 2.50 bits per heavy atom. The van der Waals surface area contributed by atoms with Gasteiger partial charge in [-0.1, -0.05) is 0 Å². The summed E-state index contributed by atoms with van der Waals surface area (Å²) in [6.07, 6.45) is 1.89. The zero-order valence-corrected chi connectivity index (χ0v) is 14.6. The fraction of sp³-hybridized carbons (Fsp3) is 0.250. The molecule has 3 aromatic rings. The number of nitrogens with one attached hydrogen (secondary N) is 1. The van der Waals surface area contributed by atoms with Gasteiger partial charge < -0.3 is 24.1 Å². The molecule has 3 heterocycles. The highest BCUT2D eigenvalue weighted by atomic mass is 16.5. The quantitative estimate of drug-likeness (QED) is 0.785. The van der Waals surface area contributed by atoms with Crippen molar-refractivity contribution in [2.45, 2.75) is 0 Å². The molecule has 0 spiro atoms. The SMILES string of the molecule is COc1ccc(NC(=O)c2ccc3ccc(N4CCOCC4)n3c2)cc1. The minimum absolute atomic E-state index is 0.140. The van der Waals surface area contributed by atoms with Crippen LogP contribution in [0.2, 0.25) is 0 Å². The van der Waals surface area contributed by atoms with Gasteiger partial charge in [0.2, 0.25) is 0 Å². The van der Waals surface area contributed by atoms with Gasteiger partial charge in [0.15, 0.2) is 0 Å². The van der Waals surface area contributed by atoms with Gasteiger partial charge in [0.25, 0.3) is 5.91 Å². The predicted molar refractivity (Wildman–Crippen MR) is 101 cm³/mol. The van der Waals surface area contributed by atoms with Gasteiger partial charge in [-0.15, -0.1) is 0 Å². The smallest absolute Gasteiger partial charge is 0.257 e. The number of morpholine rings is 1. The first-order valence-corrected chi connectivity index (χ1v) is 8.64. The van der Waals surface area contributed by atoms with Gasteiger partial charge in [-0.3, -0.25) is 4.79 Å². The molecule has 0 aliphatic carbocycles. The van der Waals surface area contributed by atoms with Gasteiger partial charge in [0.05, 0.1) is 25.9 Å². The molecule has 0 atom stereocenters. The fourth-order valence-electron chi connectivity index (χ4n) is 3.15. The Hall–Kier alpha value is -2.99. The second-order valence-corrected chi connectivity index (χ2v) is 6.19. The van der Waals surface area contributed by atoms with E-state index in [0.29, 0.717) is 5.56 Å². The molecule has 1 aliphatic heterocycles. The van der Waals surface area contributed by atoms with Gasteiger partial charge in [-0.2, -0.15) is 0 Å². The lowest BCUT2D eigenvalue weighted by molar-refractivity contribution is 0.102. The minimum atomic E-state index is -0.140. The van der Waals surface area contributed by atoms with E-state index in [2.05, 4.69) is 26.8 Å². The highest BCUT2D eigenvalue weighted by Gasteiger charge is 2.15. The summed E-state index contributed by atoms with van der Waals surface area (Å²) in [5, 5.41) is 2.92. The molecule has 0 radical (unpaired) electrons. The van der Waals surface area contributed by atoms with Gasteiger partial charge in [0.1, 0.15) is 11.6 Å². The van der Waals surface area contributed by atoms with Crippen molar-refractivity contribution in [2.24, 2.45) is 0 Å².